The van der Waals surface area contributed by atoms with E-state index in [0.29, 0.717) is 17.6 Å². The van der Waals surface area contributed by atoms with Crippen molar-refractivity contribution in [2.45, 2.75) is 18.9 Å². The summed E-state index contributed by atoms with van der Waals surface area (Å²) in [5, 5.41) is 15.0. The molecule has 1 saturated carbocycles. The molecular weight excluding hydrogens is 184 g/mol. The molecule has 3 rings (SSSR count). The highest BCUT2D eigenvalue weighted by Crippen LogP contribution is 2.37. The molecule has 7 nitrogen and oxygen atoms in total. The van der Waals surface area contributed by atoms with Gasteiger partial charge in [-0.3, -0.25) is 0 Å². The molecule has 1 aliphatic carbocycles. The van der Waals surface area contributed by atoms with E-state index < -0.39 is 0 Å². The Morgan fingerprint density at radius 2 is 2.29 bits per heavy atom. The van der Waals surface area contributed by atoms with E-state index >= 15 is 0 Å². The van der Waals surface area contributed by atoms with E-state index in [1.54, 1.807) is 6.33 Å². The first-order valence-electron chi connectivity index (χ1n) is 4.34. The van der Waals surface area contributed by atoms with Gasteiger partial charge in [0.1, 0.15) is 6.33 Å². The summed E-state index contributed by atoms with van der Waals surface area (Å²) in [6.07, 6.45) is 3.98. The van der Waals surface area contributed by atoms with Crippen LogP contribution < -0.4 is 5.73 Å². The van der Waals surface area contributed by atoms with Crippen LogP contribution in [0, 0.1) is 0 Å². The van der Waals surface area contributed by atoms with Crippen LogP contribution in [0.3, 0.4) is 0 Å². The smallest absolute Gasteiger partial charge is 0.199 e. The van der Waals surface area contributed by atoms with Gasteiger partial charge in [-0.1, -0.05) is 0 Å². The number of aromatic nitrogens is 5. The summed E-state index contributed by atoms with van der Waals surface area (Å²) in [5.74, 6) is 0.881. The second kappa shape index (κ2) is 2.53. The fourth-order valence-electron chi connectivity index (χ4n) is 1.38. The molecule has 0 radical (unpaired) electrons. The third-order valence-electron chi connectivity index (χ3n) is 2.24. The summed E-state index contributed by atoms with van der Waals surface area (Å²) in [4.78, 5) is 0. The lowest BCUT2D eigenvalue weighted by Crippen LogP contribution is -1.98. The van der Waals surface area contributed by atoms with Gasteiger partial charge in [-0.05, 0) is 23.2 Å². The normalized spacial score (nSPS) is 16.0. The van der Waals surface area contributed by atoms with Crippen molar-refractivity contribution in [3.8, 4) is 11.5 Å². The molecule has 14 heavy (non-hydrogen) atoms. The van der Waals surface area contributed by atoms with Crippen molar-refractivity contribution in [1.82, 2.24) is 25.1 Å². The second-order valence-electron chi connectivity index (χ2n) is 3.29. The lowest BCUT2D eigenvalue weighted by Gasteiger charge is -1.99. The fraction of sp³-hybridized carbons (Fsp3) is 0.429. The van der Waals surface area contributed by atoms with Crippen LogP contribution in [0.2, 0.25) is 0 Å². The van der Waals surface area contributed by atoms with Crippen molar-refractivity contribution in [2.24, 2.45) is 0 Å². The first-order chi connectivity index (χ1) is 6.86. The Hall–Kier alpha value is -1.92. The van der Waals surface area contributed by atoms with Gasteiger partial charge >= 0.3 is 0 Å². The summed E-state index contributed by atoms with van der Waals surface area (Å²) < 4.78 is 6.47. The van der Waals surface area contributed by atoms with E-state index in [2.05, 4.69) is 25.1 Å². The maximum atomic E-state index is 5.57. The van der Waals surface area contributed by atoms with Gasteiger partial charge in [0.25, 0.3) is 0 Å². The number of rotatable bonds is 2. The van der Waals surface area contributed by atoms with Crippen molar-refractivity contribution >= 4 is 5.82 Å². The molecule has 2 aromatic heterocycles. The predicted molar refractivity (Wildman–Crippen MR) is 46.0 cm³/mol. The average Bonchev–Trinajstić information content (AvgIpc) is 2.75. The van der Waals surface area contributed by atoms with Crippen LogP contribution in [-0.2, 0) is 0 Å². The van der Waals surface area contributed by atoms with Gasteiger partial charge in [0.15, 0.2) is 17.3 Å². The van der Waals surface area contributed by atoms with Crippen molar-refractivity contribution in [3.05, 3.63) is 6.33 Å². The Morgan fingerprint density at radius 3 is 2.93 bits per heavy atom. The maximum absolute atomic E-state index is 5.57. The average molecular weight is 192 g/mol. The third-order valence-corrected chi connectivity index (χ3v) is 2.24. The van der Waals surface area contributed by atoms with Crippen molar-refractivity contribution in [1.29, 1.82) is 0 Å². The molecule has 0 aromatic carbocycles. The van der Waals surface area contributed by atoms with E-state index in [0.717, 1.165) is 12.8 Å². The topological polar surface area (TPSA) is 95.7 Å². The van der Waals surface area contributed by atoms with Crippen LogP contribution in [0.25, 0.3) is 11.5 Å². The predicted octanol–water partition coefficient (Wildman–Crippen LogP) is 0.245. The van der Waals surface area contributed by atoms with Gasteiger partial charge in [0.05, 0.1) is 0 Å². The van der Waals surface area contributed by atoms with Crippen molar-refractivity contribution in [2.75, 3.05) is 5.73 Å². The van der Waals surface area contributed by atoms with Crippen LogP contribution in [-0.4, -0.2) is 25.1 Å². The van der Waals surface area contributed by atoms with Gasteiger partial charge in [0.2, 0.25) is 0 Å². The van der Waals surface area contributed by atoms with Crippen LogP contribution in [0.5, 0.6) is 0 Å². The number of hydrogen-bond acceptors (Lipinski definition) is 6. The molecule has 0 spiro atoms. The third kappa shape index (κ3) is 0.983. The summed E-state index contributed by atoms with van der Waals surface area (Å²) in [6, 6.07) is 0.482. The first-order valence-corrected chi connectivity index (χ1v) is 4.34. The Kier molecular flexibility index (Phi) is 1.35. The molecular formula is C7H8N6O. The van der Waals surface area contributed by atoms with Crippen LogP contribution in [0.15, 0.2) is 11.0 Å². The molecule has 0 bridgehead atoms. The van der Waals surface area contributed by atoms with Gasteiger partial charge in [-0.15, -0.1) is 10.2 Å². The molecule has 2 heterocycles. The Morgan fingerprint density at radius 1 is 1.43 bits per heavy atom. The molecule has 2 aromatic rings. The number of anilines is 1. The van der Waals surface area contributed by atoms with Crippen molar-refractivity contribution < 1.29 is 4.63 Å². The molecule has 2 N–H and O–H groups in total. The van der Waals surface area contributed by atoms with Crippen LogP contribution in [0.4, 0.5) is 5.82 Å². The molecule has 0 amide bonds. The minimum atomic E-state index is 0.250. The van der Waals surface area contributed by atoms with Crippen LogP contribution in [0.1, 0.15) is 18.9 Å². The monoisotopic (exact) mass is 192 g/mol. The fourth-order valence-corrected chi connectivity index (χ4v) is 1.38. The van der Waals surface area contributed by atoms with Crippen molar-refractivity contribution in [3.63, 3.8) is 0 Å². The standard InChI is InChI=1S/C7H8N6O/c8-6-5(11-14-12-6)7-10-9-3-13(7)4-1-2-4/h3-4H,1-2H2,(H2,8,12). The zero-order valence-electron chi connectivity index (χ0n) is 7.29. The molecule has 7 heteroatoms. The Balaban J connectivity index is 2.11. The number of nitrogen functional groups attached to an aromatic ring is 1. The minimum absolute atomic E-state index is 0.250. The second-order valence-corrected chi connectivity index (χ2v) is 3.29. The quantitative estimate of drug-likeness (QED) is 0.732. The highest BCUT2D eigenvalue weighted by atomic mass is 16.6. The molecule has 1 fully saturated rings. The largest absolute Gasteiger partial charge is 0.379 e. The number of hydrogen-bond donors (Lipinski definition) is 1. The van der Waals surface area contributed by atoms with E-state index in [1.165, 1.54) is 0 Å². The summed E-state index contributed by atoms with van der Waals surface area (Å²) in [5.41, 5.74) is 6.04. The Labute approximate surface area is 78.9 Å². The zero-order chi connectivity index (χ0) is 9.54. The minimum Gasteiger partial charge on any atom is -0.379 e. The lowest BCUT2D eigenvalue weighted by molar-refractivity contribution is 0.310. The van der Waals surface area contributed by atoms with E-state index in [-0.39, 0.29) is 5.82 Å². The molecule has 72 valence electrons. The van der Waals surface area contributed by atoms with Gasteiger partial charge < -0.3 is 10.3 Å². The van der Waals surface area contributed by atoms with E-state index in [4.69, 9.17) is 5.73 Å². The highest BCUT2D eigenvalue weighted by Gasteiger charge is 2.28. The van der Waals surface area contributed by atoms with E-state index in [9.17, 15) is 0 Å². The molecule has 0 saturated heterocycles. The zero-order valence-corrected chi connectivity index (χ0v) is 7.29. The molecule has 0 unspecified atom stereocenters. The first kappa shape index (κ1) is 7.48. The Bertz CT molecular complexity index is 456. The van der Waals surface area contributed by atoms with Gasteiger partial charge in [-0.25, -0.2) is 4.63 Å². The number of nitrogens with two attached hydrogens (primary N) is 1. The maximum Gasteiger partial charge on any atom is 0.199 e. The van der Waals surface area contributed by atoms with Gasteiger partial charge in [-0.2, -0.15) is 0 Å². The molecule has 0 aliphatic heterocycles. The molecule has 1 aliphatic rings. The number of nitrogens with zero attached hydrogens (tertiary/aromatic N) is 5. The lowest BCUT2D eigenvalue weighted by atomic mass is 10.4. The van der Waals surface area contributed by atoms with E-state index in [1.807, 2.05) is 4.57 Å². The summed E-state index contributed by atoms with van der Waals surface area (Å²) in [6.45, 7) is 0. The van der Waals surface area contributed by atoms with Crippen LogP contribution >= 0.6 is 0 Å². The summed E-state index contributed by atoms with van der Waals surface area (Å²) in [7, 11) is 0. The highest BCUT2D eigenvalue weighted by molar-refractivity contribution is 5.62. The summed E-state index contributed by atoms with van der Waals surface area (Å²) >= 11 is 0. The SMILES string of the molecule is Nc1nonc1-c1nncn1C1CC1. The molecule has 0 atom stereocenters. The van der Waals surface area contributed by atoms with Gasteiger partial charge in [0, 0.05) is 6.04 Å².